The van der Waals surface area contributed by atoms with Crippen molar-refractivity contribution < 1.29 is 4.42 Å². The topological polar surface area (TPSA) is 34.5 Å². The van der Waals surface area contributed by atoms with E-state index in [9.17, 15) is 0 Å². The summed E-state index contributed by atoms with van der Waals surface area (Å²) in [5, 5.41) is 35.7. The van der Waals surface area contributed by atoms with Gasteiger partial charge in [-0.05, 0) is 244 Å². The molecule has 0 fully saturated rings. The third-order valence-corrected chi connectivity index (χ3v) is 29.0. The maximum atomic E-state index is 6.54. The molecule has 0 N–H and O–H groups in total. The van der Waals surface area contributed by atoms with Gasteiger partial charge in [0.2, 0.25) is 0 Å². The first-order valence-electron chi connectivity index (χ1n) is 44.8. The Hall–Kier alpha value is -16.8. The Bertz CT molecular complexity index is 10000. The van der Waals surface area contributed by atoms with Gasteiger partial charge in [0, 0.05) is 109 Å². The van der Waals surface area contributed by atoms with Crippen molar-refractivity contribution in [2.45, 2.75) is 19.3 Å². The third kappa shape index (κ3) is 10.00. The fraction of sp³-hybridized carbons (Fsp3) is 0.0244. The van der Waals surface area contributed by atoms with E-state index in [1.165, 1.54) is 240 Å². The van der Waals surface area contributed by atoms with Crippen LogP contribution in [0.2, 0.25) is 0 Å². The zero-order valence-electron chi connectivity index (χ0n) is 70.5. The maximum absolute atomic E-state index is 6.54. The third-order valence-electron chi connectivity index (χ3n) is 29.0. The highest BCUT2D eigenvalue weighted by atomic mass is 16.3. The Morgan fingerprint density at radius 2 is 0.581 bits per heavy atom. The molecule has 6 heteroatoms. The summed E-state index contributed by atoms with van der Waals surface area (Å²) in [6.45, 7) is 4.71. The summed E-state index contributed by atoms with van der Waals surface area (Å²) >= 11 is 0. The molecule has 129 heavy (non-hydrogen) atoms. The molecule has 0 saturated carbocycles. The Morgan fingerprint density at radius 1 is 0.217 bits per heavy atom. The van der Waals surface area contributed by atoms with E-state index in [0.717, 1.165) is 39.0 Å². The van der Waals surface area contributed by atoms with Crippen LogP contribution in [0.4, 0.5) is 17.1 Å². The van der Waals surface area contributed by atoms with Crippen LogP contribution in [0.15, 0.2) is 423 Å². The van der Waals surface area contributed by atoms with E-state index in [1.807, 2.05) is 12.1 Å². The summed E-state index contributed by atoms with van der Waals surface area (Å²) < 4.78 is 16.4. The molecule has 0 amide bonds. The van der Waals surface area contributed by atoms with Crippen LogP contribution in [0.1, 0.15) is 25.0 Å². The first kappa shape index (κ1) is 70.6. The van der Waals surface area contributed by atoms with Gasteiger partial charge in [0.25, 0.3) is 0 Å². The maximum Gasteiger partial charge on any atom is 0.159 e. The van der Waals surface area contributed by atoms with Gasteiger partial charge >= 0.3 is 0 Å². The normalized spacial score (nSPS) is 12.9. The van der Waals surface area contributed by atoms with Crippen molar-refractivity contribution in [3.8, 4) is 27.9 Å². The van der Waals surface area contributed by atoms with Gasteiger partial charge in [-0.2, -0.15) is 0 Å². The Kier molecular flexibility index (Phi) is 14.3. The quantitative estimate of drug-likeness (QED) is 0.172. The predicted octanol–water partition coefficient (Wildman–Crippen LogP) is 33.9. The number of fused-ring (bicyclic) bond motifs is 33. The lowest BCUT2D eigenvalue weighted by atomic mass is 9.81. The van der Waals surface area contributed by atoms with Crippen molar-refractivity contribution in [1.82, 2.24) is 17.8 Å². The Balaban J connectivity index is 0.0000000959. The van der Waals surface area contributed by atoms with E-state index in [-0.39, 0.29) is 5.41 Å². The molecule has 0 saturated heterocycles. The second-order valence-corrected chi connectivity index (χ2v) is 36.2. The molecule has 598 valence electrons. The first-order chi connectivity index (χ1) is 63.7. The molecule has 0 atom stereocenters. The van der Waals surface area contributed by atoms with E-state index >= 15 is 0 Å². The van der Waals surface area contributed by atoms with Crippen LogP contribution >= 0.6 is 0 Å². The lowest BCUT2D eigenvalue weighted by molar-refractivity contribution is 0.660. The molecule has 0 spiro atoms. The number of anilines is 3. The fourth-order valence-electron chi connectivity index (χ4n) is 23.1. The molecule has 0 radical (unpaired) electrons. The minimum Gasteiger partial charge on any atom is -0.454 e. The van der Waals surface area contributed by atoms with Gasteiger partial charge in [-0.25, -0.2) is 0 Å². The second kappa shape index (κ2) is 26.2. The molecule has 0 unspecified atom stereocenters. The summed E-state index contributed by atoms with van der Waals surface area (Å²) in [4.78, 5) is 2.32. The number of para-hydroxylation sites is 8. The van der Waals surface area contributed by atoms with Crippen molar-refractivity contribution in [2.75, 3.05) is 4.90 Å². The van der Waals surface area contributed by atoms with E-state index < -0.39 is 0 Å². The van der Waals surface area contributed by atoms with E-state index in [0.29, 0.717) is 0 Å². The van der Waals surface area contributed by atoms with Gasteiger partial charge in [-0.3, -0.25) is 0 Å². The minimum absolute atomic E-state index is 0.00356. The smallest absolute Gasteiger partial charge is 0.159 e. The number of aromatic nitrogens is 4. The first-order valence-corrected chi connectivity index (χ1v) is 44.8. The molecular weight excluding hydrogens is 1560 g/mol. The standard InChI is InChI=1S/C44H26N2O.C41H27N.C38H22N2/c1-2-12-31(13-3-1)45(39-18-9-17-36-33-14-6-7-19-42(33)47-44(36)39)32-21-20-29-24-38-35-16-8-15-34-37-23-27-10-4-5-11-28(27)25-40(37)46(43(34)35)41(38)26-30(29)22-32;1-41(2)36-13-6-5-10-30(36)31-17-16-28(21-37(31)41)26-14-15-27-20-35-33-12-7-11-32-34-19-24-8-3-4-9-25(24)22-38(34)42(40(32)33)39(35)23-29(27)18-26;1-2-9-24-21-36-32(19-23(24)8-1)30-12-7-13-31-33-20-25-16-17-27(18-26(25)22-37(33)40(36)38(30)31)39-34-14-5-3-10-28(34)29-11-4-6-15-35(29)39/h1-26H;3-23H,1-2H3;1-22H. The number of rotatable bonds is 5. The van der Waals surface area contributed by atoms with Crippen LogP contribution in [-0.2, 0) is 5.41 Å². The van der Waals surface area contributed by atoms with Crippen LogP contribution in [-0.4, -0.2) is 17.8 Å². The molecule has 31 rings (SSSR count). The SMILES string of the molecule is CC1(C)c2ccccc2-c2ccc(-c3ccc4cc5c6cccc7c8cc9ccccc9cc8n(c5cc4c3)c76)cc21.c1ccc(N(c2ccc3cc4c5cccc6c7cc8ccccc8cc7n(c4cc3c2)c65)c2cccc3c2oc2ccccc23)cc1.c1ccc2cc3c(cc2c1)c1cccc2c4cc5ccc(-n6c7ccccc7c7ccccc76)cc5cc4n3c12. The van der Waals surface area contributed by atoms with Crippen molar-refractivity contribution in [3.63, 3.8) is 0 Å². The molecule has 30 aromatic rings. The Morgan fingerprint density at radius 3 is 1.10 bits per heavy atom. The summed E-state index contributed by atoms with van der Waals surface area (Å²) in [6.07, 6.45) is 0. The van der Waals surface area contributed by atoms with Gasteiger partial charge in [0.15, 0.2) is 5.58 Å². The average molecular weight is 1640 g/mol. The average Bonchev–Trinajstić information content (AvgIpc) is 1.54. The molecule has 22 aromatic carbocycles. The van der Waals surface area contributed by atoms with Gasteiger partial charge in [-0.15, -0.1) is 0 Å². The van der Waals surface area contributed by atoms with Crippen LogP contribution in [0.3, 0.4) is 0 Å². The van der Waals surface area contributed by atoms with Crippen LogP contribution in [0.25, 0.3) is 251 Å². The number of hydrogen-bond donors (Lipinski definition) is 0. The van der Waals surface area contributed by atoms with Crippen molar-refractivity contribution >= 4 is 240 Å². The molecule has 0 aliphatic heterocycles. The molecule has 8 aromatic heterocycles. The van der Waals surface area contributed by atoms with Crippen molar-refractivity contribution in [1.29, 1.82) is 0 Å². The number of nitrogens with zero attached hydrogens (tertiary/aromatic N) is 5. The van der Waals surface area contributed by atoms with Gasteiger partial charge in [-0.1, -0.05) is 287 Å². The van der Waals surface area contributed by atoms with Crippen molar-refractivity contribution in [2.24, 2.45) is 0 Å². The summed E-state index contributed by atoms with van der Waals surface area (Å²) in [6, 6.07) is 154. The van der Waals surface area contributed by atoms with Gasteiger partial charge in [0.1, 0.15) is 5.58 Å². The molecule has 6 nitrogen and oxygen atoms in total. The summed E-state index contributed by atoms with van der Waals surface area (Å²) in [7, 11) is 0. The zero-order chi connectivity index (χ0) is 84.3. The minimum atomic E-state index is -0.00356. The van der Waals surface area contributed by atoms with Crippen LogP contribution in [0.5, 0.6) is 0 Å². The summed E-state index contributed by atoms with van der Waals surface area (Å²) in [5.41, 5.74) is 28.3. The van der Waals surface area contributed by atoms with Crippen molar-refractivity contribution in [3.05, 3.63) is 430 Å². The van der Waals surface area contributed by atoms with Crippen LogP contribution < -0.4 is 4.90 Å². The predicted molar refractivity (Wildman–Crippen MR) is 548 cm³/mol. The second-order valence-electron chi connectivity index (χ2n) is 36.2. The van der Waals surface area contributed by atoms with E-state index in [2.05, 4.69) is 443 Å². The van der Waals surface area contributed by atoms with Crippen LogP contribution in [0, 0.1) is 0 Å². The molecule has 0 bridgehead atoms. The fourth-order valence-corrected chi connectivity index (χ4v) is 23.1. The Labute approximate surface area is 738 Å². The highest BCUT2D eigenvalue weighted by Gasteiger charge is 2.36. The lowest BCUT2D eigenvalue weighted by Crippen LogP contribution is -2.14. The molecule has 1 aliphatic rings. The zero-order valence-corrected chi connectivity index (χ0v) is 70.5. The van der Waals surface area contributed by atoms with Gasteiger partial charge in [0.05, 0.1) is 66.4 Å². The number of hydrogen-bond acceptors (Lipinski definition) is 2. The lowest BCUT2D eigenvalue weighted by Gasteiger charge is -2.25. The molecule has 8 heterocycles. The van der Waals surface area contributed by atoms with E-state index in [4.69, 9.17) is 4.42 Å². The monoisotopic (exact) mass is 1640 g/mol. The largest absolute Gasteiger partial charge is 0.454 e. The number of furan rings is 1. The molecular formula is C123H75N5O. The summed E-state index contributed by atoms with van der Waals surface area (Å²) in [5.74, 6) is 0. The van der Waals surface area contributed by atoms with E-state index in [1.54, 1.807) is 0 Å². The highest BCUT2D eigenvalue weighted by molar-refractivity contribution is 6.30. The number of benzene rings is 22. The van der Waals surface area contributed by atoms with Gasteiger partial charge < -0.3 is 27.1 Å². The highest BCUT2D eigenvalue weighted by Crippen LogP contribution is 2.53. The molecule has 1 aliphatic carbocycles.